The third kappa shape index (κ3) is 10.1. The fourth-order valence-electron chi connectivity index (χ4n) is 5.11. The van der Waals surface area contributed by atoms with Gasteiger partial charge in [-0.1, -0.05) is 100 Å². The van der Waals surface area contributed by atoms with Crippen molar-refractivity contribution in [1.82, 2.24) is 0 Å². The van der Waals surface area contributed by atoms with Crippen LogP contribution in [-0.4, -0.2) is 25.2 Å². The number of carbonyl (C=O) groups excluding carboxylic acids is 2. The monoisotopic (exact) mass is 544 g/mol. The van der Waals surface area contributed by atoms with E-state index in [-0.39, 0.29) is 11.9 Å². The van der Waals surface area contributed by atoms with E-state index in [2.05, 4.69) is 74.5 Å². The molecule has 0 heterocycles. The molecule has 0 saturated heterocycles. The lowest BCUT2D eigenvalue weighted by molar-refractivity contribution is -0.144. The lowest BCUT2D eigenvalue weighted by atomic mass is 9.96. The number of ether oxygens (including phenoxy) is 2. The first-order chi connectivity index (χ1) is 19.7. The number of benzene rings is 3. The Hall–Kier alpha value is -3.14. The molecule has 0 bridgehead atoms. The van der Waals surface area contributed by atoms with Gasteiger partial charge in [0.25, 0.3) is 0 Å². The highest BCUT2D eigenvalue weighted by Crippen LogP contribution is 2.16. The largest absolute Gasteiger partial charge is 0.466 e. The first-order valence-electron chi connectivity index (χ1n) is 15.6. The molecule has 0 aliphatic heterocycles. The van der Waals surface area contributed by atoms with Gasteiger partial charge in [0.15, 0.2) is 0 Å². The topological polar surface area (TPSA) is 52.6 Å². The van der Waals surface area contributed by atoms with Gasteiger partial charge in [0.1, 0.15) is 0 Å². The van der Waals surface area contributed by atoms with Crippen molar-refractivity contribution >= 4 is 45.6 Å². The summed E-state index contributed by atoms with van der Waals surface area (Å²) in [6.45, 7) is 5.30. The van der Waals surface area contributed by atoms with Gasteiger partial charge in [-0.15, -0.1) is 0 Å². The number of rotatable bonds is 18. The molecule has 3 aromatic rings. The van der Waals surface area contributed by atoms with E-state index >= 15 is 0 Å². The van der Waals surface area contributed by atoms with Gasteiger partial charge in [0, 0.05) is 12.8 Å². The molecule has 0 amide bonds. The molecule has 0 saturated carbocycles. The Bertz CT molecular complexity index is 1160. The van der Waals surface area contributed by atoms with Crippen LogP contribution in [0, 0.1) is 0 Å². The predicted molar refractivity (Wildman–Crippen MR) is 168 cm³/mol. The molecule has 0 unspecified atom stereocenters. The Morgan fingerprint density at radius 1 is 0.550 bits per heavy atom. The average Bonchev–Trinajstić information content (AvgIpc) is 2.97. The highest BCUT2D eigenvalue weighted by molar-refractivity contribution is 6.00. The first kappa shape index (κ1) is 31.4. The van der Waals surface area contributed by atoms with E-state index in [4.69, 9.17) is 9.47 Å². The number of unbranched alkanes of at least 4 members (excludes halogenated alkanes) is 8. The highest BCUT2D eigenvalue weighted by Gasteiger charge is 2.06. The van der Waals surface area contributed by atoms with Crippen LogP contribution in [0.1, 0.15) is 104 Å². The third-order valence-electron chi connectivity index (χ3n) is 7.40. The molecule has 0 fully saturated rings. The van der Waals surface area contributed by atoms with Gasteiger partial charge in [0.05, 0.1) is 13.2 Å². The van der Waals surface area contributed by atoms with Crippen molar-refractivity contribution in [1.29, 1.82) is 0 Å². The van der Waals surface area contributed by atoms with E-state index in [0.717, 1.165) is 77.0 Å². The minimum absolute atomic E-state index is 0.0637. The molecule has 216 valence electrons. The molecule has 0 aliphatic carbocycles. The van der Waals surface area contributed by atoms with Crippen LogP contribution in [0.15, 0.2) is 48.5 Å². The molecule has 0 atom stereocenters. The van der Waals surface area contributed by atoms with Gasteiger partial charge >= 0.3 is 11.9 Å². The summed E-state index contributed by atoms with van der Waals surface area (Å²) >= 11 is 0. The Balaban J connectivity index is 1.65. The maximum absolute atomic E-state index is 11.8. The maximum Gasteiger partial charge on any atom is 0.305 e. The van der Waals surface area contributed by atoms with Crippen LogP contribution in [0.25, 0.3) is 33.7 Å². The molecule has 40 heavy (non-hydrogen) atoms. The predicted octanol–water partition coefficient (Wildman–Crippen LogP) is 8.14. The number of esters is 2. The number of carbonyl (C=O) groups is 2. The van der Waals surface area contributed by atoms with Crippen molar-refractivity contribution in [3.63, 3.8) is 0 Å². The van der Waals surface area contributed by atoms with Gasteiger partial charge in [-0.25, -0.2) is 0 Å². The first-order valence-corrected chi connectivity index (χ1v) is 15.6. The molecular formula is C36H48O4. The zero-order chi connectivity index (χ0) is 28.4. The van der Waals surface area contributed by atoms with Gasteiger partial charge in [-0.2, -0.15) is 0 Å². The molecular weight excluding hydrogens is 496 g/mol. The van der Waals surface area contributed by atoms with Crippen LogP contribution >= 0.6 is 0 Å². The fourth-order valence-corrected chi connectivity index (χ4v) is 5.11. The van der Waals surface area contributed by atoms with Crippen molar-refractivity contribution in [2.45, 2.75) is 104 Å². The third-order valence-corrected chi connectivity index (χ3v) is 7.40. The fraction of sp³-hybridized carbons (Fsp3) is 0.500. The highest BCUT2D eigenvalue weighted by atomic mass is 16.5. The Morgan fingerprint density at radius 3 is 1.27 bits per heavy atom. The summed E-state index contributed by atoms with van der Waals surface area (Å²) in [4.78, 5) is 23.7. The number of hydrogen-bond donors (Lipinski definition) is 0. The summed E-state index contributed by atoms with van der Waals surface area (Å²) < 4.78 is 10.5. The van der Waals surface area contributed by atoms with Crippen molar-refractivity contribution in [3.05, 3.63) is 59.0 Å². The van der Waals surface area contributed by atoms with Crippen molar-refractivity contribution in [2.24, 2.45) is 0 Å². The molecule has 0 aliphatic rings. The van der Waals surface area contributed by atoms with Crippen LogP contribution in [-0.2, 0) is 19.1 Å². The second kappa shape index (κ2) is 18.3. The van der Waals surface area contributed by atoms with E-state index in [1.807, 2.05) is 0 Å². The minimum atomic E-state index is -0.0637. The summed E-state index contributed by atoms with van der Waals surface area (Å²) in [5, 5.41) is 7.79. The van der Waals surface area contributed by atoms with Crippen LogP contribution in [0.2, 0.25) is 0 Å². The summed E-state index contributed by atoms with van der Waals surface area (Å²) in [6.07, 6.45) is 17.7. The number of fused-ring (bicyclic) bond motifs is 2. The van der Waals surface area contributed by atoms with Crippen LogP contribution < -0.4 is 10.4 Å². The van der Waals surface area contributed by atoms with Crippen LogP contribution in [0.4, 0.5) is 0 Å². The molecule has 3 aromatic carbocycles. The van der Waals surface area contributed by atoms with E-state index in [9.17, 15) is 9.59 Å². The summed E-state index contributed by atoms with van der Waals surface area (Å²) in [5.41, 5.74) is 0. The van der Waals surface area contributed by atoms with Crippen molar-refractivity contribution in [3.8, 4) is 0 Å². The molecule has 3 rings (SSSR count). The maximum atomic E-state index is 11.8. The van der Waals surface area contributed by atoms with Crippen molar-refractivity contribution < 1.29 is 19.1 Å². The van der Waals surface area contributed by atoms with Crippen molar-refractivity contribution in [2.75, 3.05) is 13.2 Å². The standard InChI is InChI=1S/C36H48O4/c1-3-5-27-39-35(37)25-13-9-7-11-19-29-31-21-15-17-23-33(31)30(34-24-18-16-22-32(29)34)20-12-8-10-14-26-36(38)40-28-6-4-2/h15-24H,3-14,25-28H2,1-2H3. The SMILES string of the molecule is CCCCOC(=O)CCCCCC=c1c2ccccc2c(=CCCCCCC(=O)OCCCC)c2ccccc12. The molecule has 4 nitrogen and oxygen atoms in total. The van der Waals surface area contributed by atoms with Crippen LogP contribution in [0.5, 0.6) is 0 Å². The second-order valence-electron chi connectivity index (χ2n) is 10.7. The second-order valence-corrected chi connectivity index (χ2v) is 10.7. The smallest absolute Gasteiger partial charge is 0.305 e. The lowest BCUT2D eigenvalue weighted by Crippen LogP contribution is -2.15. The molecule has 4 heteroatoms. The van der Waals surface area contributed by atoms with E-state index in [1.54, 1.807) is 0 Å². The zero-order valence-electron chi connectivity index (χ0n) is 24.7. The van der Waals surface area contributed by atoms with E-state index < -0.39 is 0 Å². The summed E-state index contributed by atoms with van der Waals surface area (Å²) in [6, 6.07) is 17.5. The zero-order valence-corrected chi connectivity index (χ0v) is 24.7. The van der Waals surface area contributed by atoms with Gasteiger partial charge in [0.2, 0.25) is 0 Å². The molecule has 0 spiro atoms. The van der Waals surface area contributed by atoms with E-state index in [1.165, 1.54) is 32.0 Å². The molecule has 0 radical (unpaired) electrons. The lowest BCUT2D eigenvalue weighted by Gasteiger charge is -2.08. The van der Waals surface area contributed by atoms with Gasteiger partial charge < -0.3 is 9.47 Å². The van der Waals surface area contributed by atoms with Gasteiger partial charge in [-0.3, -0.25) is 9.59 Å². The quantitative estimate of drug-likeness (QED) is 0.0921. The summed E-state index contributed by atoms with van der Waals surface area (Å²) in [5.74, 6) is -0.127. The average molecular weight is 545 g/mol. The Labute approximate surface area is 240 Å². The van der Waals surface area contributed by atoms with Crippen LogP contribution in [0.3, 0.4) is 0 Å². The molecule has 0 aromatic heterocycles. The van der Waals surface area contributed by atoms with Gasteiger partial charge in [-0.05, 0) is 83.3 Å². The normalized spacial score (nSPS) is 11.1. The Morgan fingerprint density at radius 2 is 0.925 bits per heavy atom. The number of hydrogen-bond acceptors (Lipinski definition) is 4. The van der Waals surface area contributed by atoms with E-state index in [0.29, 0.717) is 26.1 Å². The molecule has 0 N–H and O–H groups in total. The minimum Gasteiger partial charge on any atom is -0.466 e. The Kier molecular flexibility index (Phi) is 14.3. The summed E-state index contributed by atoms with van der Waals surface area (Å²) in [7, 11) is 0.